The van der Waals surface area contributed by atoms with Crippen molar-refractivity contribution in [2.24, 2.45) is 5.41 Å². The van der Waals surface area contributed by atoms with Crippen molar-refractivity contribution in [2.75, 3.05) is 16.8 Å². The Morgan fingerprint density at radius 1 is 1.21 bits per heavy atom. The number of nitrogens with one attached hydrogen (secondary N) is 1. The molecule has 2 aliphatic rings. The summed E-state index contributed by atoms with van der Waals surface area (Å²) in [6.45, 7) is 1.15. The lowest BCUT2D eigenvalue weighted by molar-refractivity contribution is -0.119. The molecule has 0 atom stereocenters. The van der Waals surface area contributed by atoms with Gasteiger partial charge in [0.15, 0.2) is 0 Å². The number of hydrogen-bond donors (Lipinski definition) is 2. The van der Waals surface area contributed by atoms with E-state index in [1.165, 1.54) is 0 Å². The van der Waals surface area contributed by atoms with Crippen molar-refractivity contribution < 1.29 is 14.7 Å². The topological polar surface area (TPSA) is 93.4 Å². The molecule has 0 bridgehead atoms. The zero-order chi connectivity index (χ0) is 20.4. The Kier molecular flexibility index (Phi) is 4.98. The van der Waals surface area contributed by atoms with Gasteiger partial charge in [-0.15, -0.1) is 0 Å². The minimum absolute atomic E-state index is 0.0227. The van der Waals surface area contributed by atoms with Gasteiger partial charge in [-0.1, -0.05) is 12.1 Å². The molecule has 2 N–H and O–H groups in total. The molecule has 0 unspecified atom stereocenters. The standard InChI is InChI=1S/C23H23N3O3/c24-11-10-23(8-9-23)15-26-20-6-5-19(13-17(20)4-7-21(26)27)25-14-16-2-1-3-18(12-16)22(28)29/h1-3,5-6,12-13,25H,4,7-10,14-15H2,(H,28,29). The molecule has 148 valence electrons. The van der Waals surface area contributed by atoms with Crippen LogP contribution in [0.3, 0.4) is 0 Å². The molecule has 1 fully saturated rings. The van der Waals surface area contributed by atoms with Crippen LogP contribution in [0.2, 0.25) is 0 Å². The van der Waals surface area contributed by atoms with E-state index < -0.39 is 5.97 Å². The highest BCUT2D eigenvalue weighted by atomic mass is 16.4. The van der Waals surface area contributed by atoms with Crippen LogP contribution in [0, 0.1) is 16.7 Å². The number of fused-ring (bicyclic) bond motifs is 1. The number of carbonyl (C=O) groups excluding carboxylic acids is 1. The molecule has 6 nitrogen and oxygen atoms in total. The van der Waals surface area contributed by atoms with E-state index in [-0.39, 0.29) is 16.9 Å². The minimum atomic E-state index is -0.935. The van der Waals surface area contributed by atoms with Gasteiger partial charge in [0.25, 0.3) is 0 Å². The smallest absolute Gasteiger partial charge is 0.335 e. The molecule has 1 heterocycles. The number of nitriles is 1. The number of benzene rings is 2. The molecule has 0 saturated heterocycles. The summed E-state index contributed by atoms with van der Waals surface area (Å²) in [5.41, 5.74) is 4.16. The van der Waals surface area contributed by atoms with Crippen LogP contribution in [0.15, 0.2) is 42.5 Å². The summed E-state index contributed by atoms with van der Waals surface area (Å²) < 4.78 is 0. The van der Waals surface area contributed by atoms with Gasteiger partial charge in [-0.3, -0.25) is 4.79 Å². The van der Waals surface area contributed by atoms with E-state index in [1.807, 2.05) is 23.1 Å². The SMILES string of the molecule is N#CCC1(CN2C(=O)CCc3cc(NCc4cccc(C(=O)O)c4)ccc32)CC1. The van der Waals surface area contributed by atoms with Crippen LogP contribution in [0.25, 0.3) is 0 Å². The first kappa shape index (κ1) is 19.0. The number of carbonyl (C=O) groups is 2. The fourth-order valence-corrected chi connectivity index (χ4v) is 3.93. The second kappa shape index (κ2) is 7.59. The number of amides is 1. The van der Waals surface area contributed by atoms with E-state index >= 15 is 0 Å². The summed E-state index contributed by atoms with van der Waals surface area (Å²) >= 11 is 0. The van der Waals surface area contributed by atoms with Gasteiger partial charge in [0, 0.05) is 42.7 Å². The number of nitrogens with zero attached hydrogens (tertiary/aromatic N) is 2. The largest absolute Gasteiger partial charge is 0.478 e. The van der Waals surface area contributed by atoms with Gasteiger partial charge in [-0.2, -0.15) is 5.26 Å². The Morgan fingerprint density at radius 2 is 2.03 bits per heavy atom. The highest BCUT2D eigenvalue weighted by molar-refractivity contribution is 5.97. The molecule has 2 aromatic carbocycles. The van der Waals surface area contributed by atoms with Crippen molar-refractivity contribution in [3.05, 3.63) is 59.2 Å². The molecule has 0 spiro atoms. The Bertz CT molecular complexity index is 1000. The van der Waals surface area contributed by atoms with Crippen molar-refractivity contribution in [3.8, 4) is 6.07 Å². The van der Waals surface area contributed by atoms with Crippen molar-refractivity contribution in [2.45, 2.75) is 38.6 Å². The van der Waals surface area contributed by atoms with Gasteiger partial charge < -0.3 is 15.3 Å². The van der Waals surface area contributed by atoms with Crippen molar-refractivity contribution >= 4 is 23.3 Å². The predicted molar refractivity (Wildman–Crippen MR) is 110 cm³/mol. The summed E-state index contributed by atoms with van der Waals surface area (Å²) in [7, 11) is 0. The minimum Gasteiger partial charge on any atom is -0.478 e. The van der Waals surface area contributed by atoms with E-state index in [4.69, 9.17) is 10.4 Å². The average Bonchev–Trinajstić information content (AvgIpc) is 3.48. The number of carboxylic acids is 1. The number of hydrogen-bond acceptors (Lipinski definition) is 4. The van der Waals surface area contributed by atoms with Gasteiger partial charge in [0.2, 0.25) is 5.91 Å². The molecular weight excluding hydrogens is 366 g/mol. The first-order chi connectivity index (χ1) is 14.0. The number of aromatic carboxylic acids is 1. The molecule has 1 aliphatic heterocycles. The number of aryl methyl sites for hydroxylation is 1. The summed E-state index contributed by atoms with van der Waals surface area (Å²) in [6.07, 6.45) is 3.71. The van der Waals surface area contributed by atoms with E-state index in [9.17, 15) is 9.59 Å². The summed E-state index contributed by atoms with van der Waals surface area (Å²) in [5.74, 6) is -0.803. The third-order valence-electron chi connectivity index (χ3n) is 5.85. The number of rotatable bonds is 7. The van der Waals surface area contributed by atoms with Crippen molar-refractivity contribution in [3.63, 3.8) is 0 Å². The Balaban J connectivity index is 1.48. The number of carboxylic acid groups (broad SMARTS) is 1. The third-order valence-corrected chi connectivity index (χ3v) is 5.85. The highest BCUT2D eigenvalue weighted by Crippen LogP contribution is 2.50. The summed E-state index contributed by atoms with van der Waals surface area (Å²) in [5, 5.41) is 21.5. The molecule has 29 heavy (non-hydrogen) atoms. The number of anilines is 2. The molecule has 1 aliphatic carbocycles. The van der Waals surface area contributed by atoms with Crippen LogP contribution in [0.5, 0.6) is 0 Å². The maximum Gasteiger partial charge on any atom is 0.335 e. The van der Waals surface area contributed by atoms with Crippen LogP contribution in [-0.4, -0.2) is 23.5 Å². The molecular formula is C23H23N3O3. The van der Waals surface area contributed by atoms with Gasteiger partial charge in [-0.25, -0.2) is 4.79 Å². The second-order valence-corrected chi connectivity index (χ2v) is 8.02. The van der Waals surface area contributed by atoms with E-state index in [2.05, 4.69) is 17.5 Å². The zero-order valence-corrected chi connectivity index (χ0v) is 16.1. The predicted octanol–water partition coefficient (Wildman–Crippen LogP) is 3.97. The fourth-order valence-electron chi connectivity index (χ4n) is 3.93. The lowest BCUT2D eigenvalue weighted by Crippen LogP contribution is -2.39. The van der Waals surface area contributed by atoms with Gasteiger partial charge in [0.05, 0.1) is 11.6 Å². The van der Waals surface area contributed by atoms with Crippen LogP contribution in [-0.2, 0) is 17.8 Å². The molecule has 2 aromatic rings. The fraction of sp³-hybridized carbons (Fsp3) is 0.348. The van der Waals surface area contributed by atoms with E-state index in [0.717, 1.165) is 35.3 Å². The summed E-state index contributed by atoms with van der Waals surface area (Å²) in [6, 6.07) is 15.1. The van der Waals surface area contributed by atoms with Crippen molar-refractivity contribution in [1.82, 2.24) is 0 Å². The second-order valence-electron chi connectivity index (χ2n) is 8.02. The lowest BCUT2D eigenvalue weighted by Gasteiger charge is -2.32. The maximum atomic E-state index is 12.5. The third kappa shape index (κ3) is 4.09. The quantitative estimate of drug-likeness (QED) is 0.747. The van der Waals surface area contributed by atoms with Crippen LogP contribution >= 0.6 is 0 Å². The van der Waals surface area contributed by atoms with Crippen LogP contribution < -0.4 is 10.2 Å². The highest BCUT2D eigenvalue weighted by Gasteiger charge is 2.45. The Morgan fingerprint density at radius 3 is 2.76 bits per heavy atom. The average molecular weight is 389 g/mol. The van der Waals surface area contributed by atoms with Crippen LogP contribution in [0.4, 0.5) is 11.4 Å². The summed E-state index contributed by atoms with van der Waals surface area (Å²) in [4.78, 5) is 25.5. The van der Waals surface area contributed by atoms with E-state index in [0.29, 0.717) is 32.4 Å². The molecule has 0 aromatic heterocycles. The molecule has 6 heteroatoms. The normalized spacial score (nSPS) is 16.7. The molecule has 0 radical (unpaired) electrons. The van der Waals surface area contributed by atoms with Gasteiger partial charge >= 0.3 is 5.97 Å². The van der Waals surface area contributed by atoms with Gasteiger partial charge in [-0.05, 0) is 60.7 Å². The van der Waals surface area contributed by atoms with Crippen molar-refractivity contribution in [1.29, 1.82) is 5.26 Å². The molecule has 1 saturated carbocycles. The Hall–Kier alpha value is -3.33. The maximum absolute atomic E-state index is 12.5. The van der Waals surface area contributed by atoms with Gasteiger partial charge in [0.1, 0.15) is 0 Å². The van der Waals surface area contributed by atoms with Crippen LogP contribution in [0.1, 0.15) is 47.2 Å². The Labute approximate surface area is 169 Å². The lowest BCUT2D eigenvalue weighted by atomic mass is 9.96. The van der Waals surface area contributed by atoms with E-state index in [1.54, 1.807) is 18.2 Å². The monoisotopic (exact) mass is 389 g/mol. The zero-order valence-electron chi connectivity index (χ0n) is 16.1. The first-order valence-electron chi connectivity index (χ1n) is 9.86. The first-order valence-corrected chi connectivity index (χ1v) is 9.86. The molecule has 4 rings (SSSR count). The molecule has 1 amide bonds.